The number of thioether (sulfide) groups is 1. The molecule has 0 aliphatic carbocycles. The smallest absolute Gasteiger partial charge is 0.255 e. The van der Waals surface area contributed by atoms with Gasteiger partial charge in [0, 0.05) is 10.5 Å². The fourth-order valence-electron chi connectivity index (χ4n) is 2.97. The van der Waals surface area contributed by atoms with Crippen LogP contribution in [0.5, 0.6) is 0 Å². The molecule has 5 nitrogen and oxygen atoms in total. The van der Waals surface area contributed by atoms with Crippen LogP contribution < -0.4 is 9.62 Å². The van der Waals surface area contributed by atoms with E-state index in [0.29, 0.717) is 11.3 Å². The summed E-state index contributed by atoms with van der Waals surface area (Å²) in [6.45, 7) is 2.29. The summed E-state index contributed by atoms with van der Waals surface area (Å²) >= 11 is 1.66. The van der Waals surface area contributed by atoms with E-state index in [2.05, 4.69) is 12.2 Å². The molecule has 3 aromatic rings. The van der Waals surface area contributed by atoms with Crippen LogP contribution >= 0.6 is 11.8 Å². The molecule has 0 spiro atoms. The number of hydrogen-bond acceptors (Lipinski definition) is 4. The Balaban J connectivity index is 1.79. The van der Waals surface area contributed by atoms with Gasteiger partial charge in [-0.2, -0.15) is 0 Å². The zero-order valence-corrected chi connectivity index (χ0v) is 18.5. The molecule has 0 aliphatic rings. The summed E-state index contributed by atoms with van der Waals surface area (Å²) in [6.07, 6.45) is 1.18. The molecule has 1 amide bonds. The van der Waals surface area contributed by atoms with Crippen LogP contribution in [-0.2, 0) is 16.6 Å². The molecule has 0 heterocycles. The van der Waals surface area contributed by atoms with Gasteiger partial charge in [-0.15, -0.1) is 11.8 Å². The average molecular weight is 441 g/mol. The summed E-state index contributed by atoms with van der Waals surface area (Å²) < 4.78 is 26.0. The number of hydrogen-bond donors (Lipinski definition) is 1. The van der Waals surface area contributed by atoms with Crippen molar-refractivity contribution in [2.24, 2.45) is 0 Å². The molecule has 1 N–H and O–H groups in total. The molecule has 0 radical (unpaired) electrons. The lowest BCUT2D eigenvalue weighted by Gasteiger charge is -2.22. The fourth-order valence-corrected chi connectivity index (χ4v) is 4.62. The molecule has 3 rings (SSSR count). The van der Waals surface area contributed by atoms with Gasteiger partial charge in [-0.25, -0.2) is 8.42 Å². The van der Waals surface area contributed by atoms with Gasteiger partial charge >= 0.3 is 0 Å². The van der Waals surface area contributed by atoms with E-state index in [-0.39, 0.29) is 12.5 Å². The number of nitrogens with one attached hydrogen (secondary N) is 1. The van der Waals surface area contributed by atoms with E-state index < -0.39 is 10.0 Å². The SMILES string of the molecule is CCSc1ccccc1NC(=O)c1ccc(N(Cc2ccccc2)S(C)(=O)=O)cc1. The first kappa shape index (κ1) is 21.9. The standard InChI is InChI=1S/C23H24N2O3S2/c1-3-29-22-12-8-7-11-21(22)24-23(26)19-13-15-20(16-14-19)25(30(2,27)28)17-18-9-5-4-6-10-18/h4-16H,3,17H2,1-2H3,(H,24,26). The van der Waals surface area contributed by atoms with E-state index in [1.807, 2.05) is 54.6 Å². The van der Waals surface area contributed by atoms with Gasteiger partial charge in [0.15, 0.2) is 0 Å². The number of benzene rings is 3. The number of carbonyl (C=O) groups excluding carboxylic acids is 1. The quantitative estimate of drug-likeness (QED) is 0.500. The van der Waals surface area contributed by atoms with Crippen LogP contribution in [0.4, 0.5) is 11.4 Å². The molecule has 0 unspecified atom stereocenters. The van der Waals surface area contributed by atoms with Gasteiger partial charge in [0.25, 0.3) is 5.91 Å². The van der Waals surface area contributed by atoms with E-state index in [1.165, 1.54) is 10.6 Å². The number of amides is 1. The van der Waals surface area contributed by atoms with Gasteiger partial charge in [0.1, 0.15) is 0 Å². The highest BCUT2D eigenvalue weighted by atomic mass is 32.2. The summed E-state index contributed by atoms with van der Waals surface area (Å²) in [4.78, 5) is 13.7. The molecule has 0 fully saturated rings. The second kappa shape index (κ2) is 9.82. The average Bonchev–Trinajstić information content (AvgIpc) is 2.74. The number of sulfonamides is 1. The van der Waals surface area contributed by atoms with E-state index in [4.69, 9.17) is 0 Å². The molecule has 0 bridgehead atoms. The highest BCUT2D eigenvalue weighted by Crippen LogP contribution is 2.27. The summed E-state index contributed by atoms with van der Waals surface area (Å²) in [7, 11) is -3.48. The lowest BCUT2D eigenvalue weighted by atomic mass is 10.1. The molecule has 0 aliphatic heterocycles. The van der Waals surface area contributed by atoms with E-state index in [1.54, 1.807) is 36.0 Å². The highest BCUT2D eigenvalue weighted by Gasteiger charge is 2.18. The Morgan fingerprint density at radius 1 is 0.933 bits per heavy atom. The molecule has 0 saturated carbocycles. The van der Waals surface area contributed by atoms with Crippen LogP contribution in [0.2, 0.25) is 0 Å². The minimum Gasteiger partial charge on any atom is -0.321 e. The summed E-state index contributed by atoms with van der Waals surface area (Å²) in [5, 5.41) is 2.94. The highest BCUT2D eigenvalue weighted by molar-refractivity contribution is 7.99. The molecule has 3 aromatic carbocycles. The van der Waals surface area contributed by atoms with Crippen LogP contribution in [0.25, 0.3) is 0 Å². The Labute approximate surface area is 182 Å². The van der Waals surface area contributed by atoms with Crippen LogP contribution in [0.1, 0.15) is 22.8 Å². The van der Waals surface area contributed by atoms with E-state index in [0.717, 1.165) is 21.9 Å². The Bertz CT molecular complexity index is 1100. The fraction of sp³-hybridized carbons (Fsp3) is 0.174. The Morgan fingerprint density at radius 3 is 2.20 bits per heavy atom. The van der Waals surface area contributed by atoms with Gasteiger partial charge < -0.3 is 5.32 Å². The molecular formula is C23H24N2O3S2. The Kier molecular flexibility index (Phi) is 7.18. The molecule has 7 heteroatoms. The summed E-state index contributed by atoms with van der Waals surface area (Å²) in [5.41, 5.74) is 2.62. The van der Waals surface area contributed by atoms with Gasteiger partial charge in [-0.3, -0.25) is 9.10 Å². The van der Waals surface area contributed by atoms with Crippen LogP contribution in [-0.4, -0.2) is 26.3 Å². The van der Waals surface area contributed by atoms with Crippen molar-refractivity contribution in [2.45, 2.75) is 18.4 Å². The van der Waals surface area contributed by atoms with Gasteiger partial charge in [-0.05, 0) is 47.7 Å². The topological polar surface area (TPSA) is 66.5 Å². The maximum absolute atomic E-state index is 12.7. The summed E-state index contributed by atoms with van der Waals surface area (Å²) in [6, 6.07) is 23.7. The van der Waals surface area contributed by atoms with Crippen molar-refractivity contribution >= 4 is 39.1 Å². The molecule has 0 aromatic heterocycles. The van der Waals surface area contributed by atoms with Crippen molar-refractivity contribution in [2.75, 3.05) is 21.6 Å². The predicted molar refractivity (Wildman–Crippen MR) is 125 cm³/mol. The van der Waals surface area contributed by atoms with Crippen molar-refractivity contribution in [3.05, 3.63) is 90.0 Å². The van der Waals surface area contributed by atoms with Crippen LogP contribution in [0, 0.1) is 0 Å². The van der Waals surface area contributed by atoms with Crippen molar-refractivity contribution in [3.8, 4) is 0 Å². The largest absolute Gasteiger partial charge is 0.321 e. The molecule has 0 atom stereocenters. The third-order valence-electron chi connectivity index (χ3n) is 4.42. The van der Waals surface area contributed by atoms with Gasteiger partial charge in [-0.1, -0.05) is 49.4 Å². The Hall–Kier alpha value is -2.77. The normalized spacial score (nSPS) is 11.1. The van der Waals surface area contributed by atoms with E-state index in [9.17, 15) is 13.2 Å². The maximum Gasteiger partial charge on any atom is 0.255 e. The van der Waals surface area contributed by atoms with Crippen LogP contribution in [0.15, 0.2) is 83.8 Å². The molecular weight excluding hydrogens is 416 g/mol. The first-order valence-electron chi connectivity index (χ1n) is 9.53. The molecule has 0 saturated heterocycles. The zero-order chi connectivity index (χ0) is 21.6. The monoisotopic (exact) mass is 440 g/mol. The second-order valence-electron chi connectivity index (χ2n) is 6.69. The number of rotatable bonds is 8. The third-order valence-corrected chi connectivity index (χ3v) is 6.52. The van der Waals surface area contributed by atoms with Crippen LogP contribution in [0.3, 0.4) is 0 Å². The Morgan fingerprint density at radius 2 is 1.57 bits per heavy atom. The number of carbonyl (C=O) groups is 1. The van der Waals surface area contributed by atoms with E-state index >= 15 is 0 Å². The molecule has 156 valence electrons. The van der Waals surface area contributed by atoms with Crippen molar-refractivity contribution in [1.29, 1.82) is 0 Å². The first-order valence-corrected chi connectivity index (χ1v) is 12.4. The minimum absolute atomic E-state index is 0.229. The number of anilines is 2. The molecule has 30 heavy (non-hydrogen) atoms. The van der Waals surface area contributed by atoms with Gasteiger partial charge in [0.2, 0.25) is 10.0 Å². The lowest BCUT2D eigenvalue weighted by molar-refractivity contribution is 0.102. The zero-order valence-electron chi connectivity index (χ0n) is 16.9. The number of nitrogens with zero attached hydrogens (tertiary/aromatic N) is 1. The second-order valence-corrected chi connectivity index (χ2v) is 9.90. The first-order chi connectivity index (χ1) is 14.4. The summed E-state index contributed by atoms with van der Waals surface area (Å²) in [5.74, 6) is 0.671. The lowest BCUT2D eigenvalue weighted by Crippen LogP contribution is -2.29. The third kappa shape index (κ3) is 5.64. The number of para-hydroxylation sites is 1. The maximum atomic E-state index is 12.7. The van der Waals surface area contributed by atoms with Crippen molar-refractivity contribution in [3.63, 3.8) is 0 Å². The minimum atomic E-state index is -3.48. The van der Waals surface area contributed by atoms with Crippen molar-refractivity contribution < 1.29 is 13.2 Å². The predicted octanol–water partition coefficient (Wildman–Crippen LogP) is 5.02. The van der Waals surface area contributed by atoms with Crippen molar-refractivity contribution in [1.82, 2.24) is 0 Å². The van der Waals surface area contributed by atoms with Gasteiger partial charge in [0.05, 0.1) is 24.2 Å².